The first-order chi connectivity index (χ1) is 23.7. The lowest BCUT2D eigenvalue weighted by atomic mass is 9.85. The lowest BCUT2D eigenvalue weighted by Gasteiger charge is -2.14. The van der Waals surface area contributed by atoms with Crippen LogP contribution >= 0.6 is 0 Å². The quantitative estimate of drug-likeness (QED) is 0.0429. The van der Waals surface area contributed by atoms with Gasteiger partial charge >= 0.3 is 0 Å². The molecule has 1 fully saturated rings. The Bertz CT molecular complexity index is 708. The second kappa shape index (κ2) is 34.3. The highest BCUT2D eigenvalue weighted by molar-refractivity contribution is 6.05. The molecule has 0 aromatic carbocycles. The zero-order chi connectivity index (χ0) is 34.8. The average molecular weight is 673 g/mol. The minimum atomic E-state index is -0.0615. The van der Waals surface area contributed by atoms with Crippen molar-refractivity contribution in [2.24, 2.45) is 17.6 Å². The van der Waals surface area contributed by atoms with Gasteiger partial charge < -0.3 is 5.73 Å². The molecule has 282 valence electrons. The van der Waals surface area contributed by atoms with E-state index in [0.717, 1.165) is 32.2 Å². The number of amides is 2. The van der Waals surface area contributed by atoms with Crippen molar-refractivity contribution in [1.29, 1.82) is 0 Å². The second-order valence-electron chi connectivity index (χ2n) is 15.4. The number of allylic oxidation sites excluding steroid dienone is 2. The molecule has 4 nitrogen and oxygen atoms in total. The van der Waals surface area contributed by atoms with Crippen LogP contribution in [-0.2, 0) is 9.59 Å². The van der Waals surface area contributed by atoms with E-state index in [1.165, 1.54) is 193 Å². The summed E-state index contributed by atoms with van der Waals surface area (Å²) in [5.74, 6) is 0.0535. The summed E-state index contributed by atoms with van der Waals surface area (Å²) in [6.07, 6.45) is 50.0. The summed E-state index contributed by atoms with van der Waals surface area (Å²) in [6.45, 7) is 6.08. The van der Waals surface area contributed by atoms with Crippen molar-refractivity contribution < 1.29 is 9.59 Å². The zero-order valence-electron chi connectivity index (χ0n) is 32.6. The van der Waals surface area contributed by atoms with E-state index in [0.29, 0.717) is 6.54 Å². The maximum atomic E-state index is 12.4. The molecule has 1 aliphatic heterocycles. The summed E-state index contributed by atoms with van der Waals surface area (Å²) >= 11 is 0. The van der Waals surface area contributed by atoms with E-state index in [4.69, 9.17) is 5.73 Å². The standard InChI is InChI=1S/C26H45NO2.C18H39N/c1-2-3-4-5-6-7-8-9-10-11-12-13-14-15-16-19-22-27-25(28)23-20-17-18-21-24(23)26(27)29;1-2-3-4-5-6-7-8-9-10-11-12-13-14-15-16-17-18-19/h17-18,23-24H,2-16,19-22H2,1H3;2-19H2,1H3. The van der Waals surface area contributed by atoms with Crippen molar-refractivity contribution in [3.05, 3.63) is 12.2 Å². The number of fused-ring (bicyclic) bond motifs is 1. The van der Waals surface area contributed by atoms with Crippen LogP contribution < -0.4 is 5.73 Å². The highest BCUT2D eigenvalue weighted by atomic mass is 16.2. The molecule has 2 atom stereocenters. The fourth-order valence-electron chi connectivity index (χ4n) is 7.60. The molecule has 2 amide bonds. The van der Waals surface area contributed by atoms with Gasteiger partial charge in [0.25, 0.3) is 0 Å². The molecule has 1 saturated heterocycles. The van der Waals surface area contributed by atoms with E-state index in [9.17, 15) is 9.59 Å². The van der Waals surface area contributed by atoms with Crippen LogP contribution in [0.1, 0.15) is 232 Å². The van der Waals surface area contributed by atoms with Crippen molar-refractivity contribution in [3.8, 4) is 0 Å². The number of carbonyl (C=O) groups excluding carboxylic acids is 2. The lowest BCUT2D eigenvalue weighted by molar-refractivity contribution is -0.139. The average Bonchev–Trinajstić information content (AvgIpc) is 3.35. The van der Waals surface area contributed by atoms with Crippen molar-refractivity contribution in [2.75, 3.05) is 13.1 Å². The number of nitrogens with zero attached hydrogens (tertiary/aromatic N) is 1. The molecule has 0 saturated carbocycles. The maximum absolute atomic E-state index is 12.4. The Balaban J connectivity index is 0.000000528. The smallest absolute Gasteiger partial charge is 0.233 e. The van der Waals surface area contributed by atoms with E-state index in [1.807, 2.05) is 0 Å². The molecule has 0 radical (unpaired) electrons. The third-order valence-corrected chi connectivity index (χ3v) is 10.9. The Morgan fingerprint density at radius 3 is 0.958 bits per heavy atom. The van der Waals surface area contributed by atoms with Gasteiger partial charge in [-0.25, -0.2) is 0 Å². The van der Waals surface area contributed by atoms with E-state index < -0.39 is 0 Å². The summed E-state index contributed by atoms with van der Waals surface area (Å²) in [5, 5.41) is 0. The molecule has 0 aromatic rings. The van der Waals surface area contributed by atoms with Gasteiger partial charge in [0.1, 0.15) is 0 Å². The molecule has 0 spiro atoms. The maximum Gasteiger partial charge on any atom is 0.233 e. The number of nitrogens with two attached hydrogens (primary N) is 1. The zero-order valence-corrected chi connectivity index (χ0v) is 32.6. The third-order valence-electron chi connectivity index (χ3n) is 10.9. The lowest BCUT2D eigenvalue weighted by Crippen LogP contribution is -2.32. The van der Waals surface area contributed by atoms with Crippen LogP contribution in [0.4, 0.5) is 0 Å². The summed E-state index contributed by atoms with van der Waals surface area (Å²) < 4.78 is 0. The van der Waals surface area contributed by atoms with Gasteiger partial charge in [-0.15, -0.1) is 0 Å². The number of unbranched alkanes of at least 4 members (excludes halogenated alkanes) is 30. The minimum absolute atomic E-state index is 0.0615. The predicted molar refractivity (Wildman–Crippen MR) is 210 cm³/mol. The normalized spacial score (nSPS) is 17.2. The Labute approximate surface area is 300 Å². The predicted octanol–water partition coefficient (Wildman–Crippen LogP) is 13.4. The molecule has 1 heterocycles. The molecule has 2 aliphatic rings. The first-order valence-corrected chi connectivity index (χ1v) is 21.9. The summed E-state index contributed by atoms with van der Waals surface area (Å²) in [5.41, 5.74) is 5.48. The first kappa shape index (κ1) is 44.9. The van der Waals surface area contributed by atoms with Gasteiger partial charge in [0.05, 0.1) is 11.8 Å². The highest BCUT2D eigenvalue weighted by Crippen LogP contribution is 2.35. The monoisotopic (exact) mass is 673 g/mol. The van der Waals surface area contributed by atoms with Crippen LogP contribution in [0.2, 0.25) is 0 Å². The molecule has 4 heteroatoms. The fraction of sp³-hybridized carbons (Fsp3) is 0.909. The minimum Gasteiger partial charge on any atom is -0.330 e. The van der Waals surface area contributed by atoms with E-state index in [2.05, 4.69) is 26.0 Å². The van der Waals surface area contributed by atoms with Crippen LogP contribution in [0, 0.1) is 11.8 Å². The molecule has 2 unspecified atom stereocenters. The van der Waals surface area contributed by atoms with E-state index in [-0.39, 0.29) is 23.7 Å². The van der Waals surface area contributed by atoms with Crippen LogP contribution in [0.25, 0.3) is 0 Å². The summed E-state index contributed by atoms with van der Waals surface area (Å²) in [7, 11) is 0. The van der Waals surface area contributed by atoms with Crippen LogP contribution in [0.3, 0.4) is 0 Å². The van der Waals surface area contributed by atoms with Gasteiger partial charge in [0, 0.05) is 6.54 Å². The molecule has 2 rings (SSSR count). The Morgan fingerprint density at radius 1 is 0.438 bits per heavy atom. The van der Waals surface area contributed by atoms with Crippen LogP contribution in [0.5, 0.6) is 0 Å². The Kier molecular flexibility index (Phi) is 32.1. The number of hydrogen-bond donors (Lipinski definition) is 1. The van der Waals surface area contributed by atoms with Crippen LogP contribution in [0.15, 0.2) is 12.2 Å². The van der Waals surface area contributed by atoms with Gasteiger partial charge in [-0.2, -0.15) is 0 Å². The molecule has 0 bridgehead atoms. The first-order valence-electron chi connectivity index (χ1n) is 21.9. The third kappa shape index (κ3) is 24.1. The van der Waals surface area contributed by atoms with Gasteiger partial charge in [-0.1, -0.05) is 219 Å². The van der Waals surface area contributed by atoms with Crippen molar-refractivity contribution in [1.82, 2.24) is 4.90 Å². The van der Waals surface area contributed by atoms with Crippen LogP contribution in [-0.4, -0.2) is 29.8 Å². The van der Waals surface area contributed by atoms with Gasteiger partial charge in [-0.05, 0) is 32.2 Å². The number of likely N-dealkylation sites (tertiary alicyclic amines) is 1. The van der Waals surface area contributed by atoms with Crippen molar-refractivity contribution in [3.63, 3.8) is 0 Å². The molecule has 0 aromatic heterocycles. The molecule has 48 heavy (non-hydrogen) atoms. The summed E-state index contributed by atoms with van der Waals surface area (Å²) in [4.78, 5) is 26.4. The number of carbonyl (C=O) groups is 2. The molecule has 1 aliphatic carbocycles. The Hall–Kier alpha value is -1.16. The largest absolute Gasteiger partial charge is 0.330 e. The number of hydrogen-bond acceptors (Lipinski definition) is 3. The number of imide groups is 1. The van der Waals surface area contributed by atoms with Gasteiger partial charge in [-0.3, -0.25) is 14.5 Å². The fourth-order valence-corrected chi connectivity index (χ4v) is 7.60. The topological polar surface area (TPSA) is 63.4 Å². The SMILES string of the molecule is CCCCCCCCCCCCCCCCCCN.CCCCCCCCCCCCCCCCCCN1C(=O)C2CC=CCC2C1=O. The van der Waals surface area contributed by atoms with E-state index in [1.54, 1.807) is 4.90 Å². The van der Waals surface area contributed by atoms with E-state index >= 15 is 0 Å². The van der Waals surface area contributed by atoms with Gasteiger partial charge in [0.15, 0.2) is 0 Å². The second-order valence-corrected chi connectivity index (χ2v) is 15.4. The van der Waals surface area contributed by atoms with Crippen molar-refractivity contribution >= 4 is 11.8 Å². The highest BCUT2D eigenvalue weighted by Gasteiger charge is 2.46. The molecular weight excluding hydrogens is 588 g/mol. The van der Waals surface area contributed by atoms with Gasteiger partial charge in [0.2, 0.25) is 11.8 Å². The summed E-state index contributed by atoms with van der Waals surface area (Å²) in [6, 6.07) is 0. The van der Waals surface area contributed by atoms with Crippen molar-refractivity contribution in [2.45, 2.75) is 232 Å². The number of rotatable bonds is 33. The molecule has 2 N–H and O–H groups in total. The Morgan fingerprint density at radius 2 is 0.688 bits per heavy atom. The molecular formula is C44H84N2O2.